The lowest BCUT2D eigenvalue weighted by molar-refractivity contribution is 0.475. The van der Waals surface area contributed by atoms with Gasteiger partial charge in [-0.3, -0.25) is 5.10 Å². The Balaban J connectivity index is 1.62. The maximum absolute atomic E-state index is 9.51. The summed E-state index contributed by atoms with van der Waals surface area (Å²) in [6, 6.07) is 19.1. The van der Waals surface area contributed by atoms with E-state index in [0.29, 0.717) is 0 Å². The Labute approximate surface area is 154 Å². The zero-order chi connectivity index (χ0) is 18.2. The minimum atomic E-state index is 0.249. The molecule has 130 valence electrons. The van der Waals surface area contributed by atoms with Crippen LogP contribution in [0.2, 0.25) is 0 Å². The van der Waals surface area contributed by atoms with Gasteiger partial charge < -0.3 is 10.4 Å². The topological polar surface area (TPSA) is 86.7 Å². The predicted octanol–water partition coefficient (Wildman–Crippen LogP) is 4.62. The molecular formula is C21H15N5O. The molecule has 0 aliphatic rings. The fourth-order valence-electron chi connectivity index (χ4n) is 3.19. The lowest BCUT2D eigenvalue weighted by atomic mass is 10.0. The Morgan fingerprint density at radius 1 is 0.852 bits per heavy atom. The van der Waals surface area contributed by atoms with Crippen LogP contribution >= 0.6 is 0 Å². The number of nitrogens with zero attached hydrogens (tertiary/aromatic N) is 3. The van der Waals surface area contributed by atoms with Crippen molar-refractivity contribution in [1.29, 1.82) is 0 Å². The normalized spacial score (nSPS) is 11.1. The summed E-state index contributed by atoms with van der Waals surface area (Å²) >= 11 is 0. The van der Waals surface area contributed by atoms with E-state index in [1.807, 2.05) is 42.5 Å². The summed E-state index contributed by atoms with van der Waals surface area (Å²) in [6.07, 6.45) is 3.35. The van der Waals surface area contributed by atoms with Crippen LogP contribution in [-0.2, 0) is 0 Å². The van der Waals surface area contributed by atoms with Crippen LogP contribution in [0.3, 0.4) is 0 Å². The summed E-state index contributed by atoms with van der Waals surface area (Å²) in [5, 5.41) is 21.9. The number of hydrogen-bond acceptors (Lipinski definition) is 5. The van der Waals surface area contributed by atoms with Gasteiger partial charge in [-0.05, 0) is 47.5 Å². The molecule has 0 bridgehead atoms. The fraction of sp³-hybridized carbons (Fsp3) is 0. The summed E-state index contributed by atoms with van der Waals surface area (Å²) < 4.78 is 0. The molecule has 0 saturated carbocycles. The third-order valence-electron chi connectivity index (χ3n) is 4.57. The van der Waals surface area contributed by atoms with E-state index in [4.69, 9.17) is 0 Å². The molecule has 6 nitrogen and oxygen atoms in total. The minimum Gasteiger partial charge on any atom is -0.508 e. The molecular weight excluding hydrogens is 338 g/mol. The van der Waals surface area contributed by atoms with Gasteiger partial charge in [0.15, 0.2) is 0 Å². The number of anilines is 2. The molecule has 0 spiro atoms. The van der Waals surface area contributed by atoms with Gasteiger partial charge in [-0.25, -0.2) is 9.97 Å². The molecule has 3 N–H and O–H groups in total. The van der Waals surface area contributed by atoms with E-state index < -0.39 is 0 Å². The van der Waals surface area contributed by atoms with E-state index >= 15 is 0 Å². The maximum atomic E-state index is 9.51. The van der Waals surface area contributed by atoms with E-state index in [1.165, 1.54) is 0 Å². The van der Waals surface area contributed by atoms with Crippen LogP contribution in [0.1, 0.15) is 0 Å². The van der Waals surface area contributed by atoms with Crippen molar-refractivity contribution in [1.82, 2.24) is 20.2 Å². The van der Waals surface area contributed by atoms with Crippen LogP contribution in [0.25, 0.3) is 32.9 Å². The number of H-pyrrole nitrogens is 1. The zero-order valence-electron chi connectivity index (χ0n) is 14.2. The van der Waals surface area contributed by atoms with Crippen LogP contribution in [-0.4, -0.2) is 25.3 Å². The molecule has 5 rings (SSSR count). The highest BCUT2D eigenvalue weighted by atomic mass is 16.3. The van der Waals surface area contributed by atoms with Gasteiger partial charge in [-0.15, -0.1) is 0 Å². The summed E-state index contributed by atoms with van der Waals surface area (Å²) in [4.78, 5) is 8.82. The zero-order valence-corrected chi connectivity index (χ0v) is 14.2. The molecule has 2 aromatic heterocycles. The maximum Gasteiger partial charge on any atom is 0.141 e. The van der Waals surface area contributed by atoms with Crippen LogP contribution in [0.4, 0.5) is 11.5 Å². The number of aromatic hydroxyl groups is 1. The highest BCUT2D eigenvalue weighted by Crippen LogP contribution is 2.31. The summed E-state index contributed by atoms with van der Waals surface area (Å²) in [7, 11) is 0. The molecule has 0 radical (unpaired) electrons. The van der Waals surface area contributed by atoms with Crippen molar-refractivity contribution in [2.45, 2.75) is 0 Å². The standard InChI is InChI=1S/C21H15N5O/c27-15-7-4-13(5-8-15)14-6-9-18-16(10-14)21(23-12-22-18)25-19-2-1-3-20-17(19)11-24-26-20/h1-12,27H,(H,24,26)(H,22,23,25). The molecule has 0 fully saturated rings. The Morgan fingerprint density at radius 2 is 1.70 bits per heavy atom. The third-order valence-corrected chi connectivity index (χ3v) is 4.57. The van der Waals surface area contributed by atoms with Crippen LogP contribution in [0, 0.1) is 0 Å². The van der Waals surface area contributed by atoms with Gasteiger partial charge in [0.05, 0.1) is 22.9 Å². The smallest absolute Gasteiger partial charge is 0.141 e. The average molecular weight is 353 g/mol. The first-order valence-corrected chi connectivity index (χ1v) is 8.51. The second-order valence-electron chi connectivity index (χ2n) is 6.26. The number of fused-ring (bicyclic) bond motifs is 2. The Hall–Kier alpha value is -3.93. The number of rotatable bonds is 3. The predicted molar refractivity (Wildman–Crippen MR) is 106 cm³/mol. The molecule has 0 saturated heterocycles. The highest BCUT2D eigenvalue weighted by Gasteiger charge is 2.09. The molecule has 0 aliphatic heterocycles. The van der Waals surface area contributed by atoms with Crippen molar-refractivity contribution in [3.05, 3.63) is 73.2 Å². The second kappa shape index (κ2) is 6.10. The Bertz CT molecular complexity index is 1260. The van der Waals surface area contributed by atoms with Crippen molar-refractivity contribution in [2.75, 3.05) is 5.32 Å². The number of benzene rings is 3. The first-order chi connectivity index (χ1) is 13.3. The second-order valence-corrected chi connectivity index (χ2v) is 6.26. The van der Waals surface area contributed by atoms with Crippen LogP contribution in [0.15, 0.2) is 73.2 Å². The summed E-state index contributed by atoms with van der Waals surface area (Å²) in [5.74, 6) is 0.979. The monoisotopic (exact) mass is 353 g/mol. The molecule has 0 amide bonds. The van der Waals surface area contributed by atoms with Gasteiger partial charge >= 0.3 is 0 Å². The van der Waals surface area contributed by atoms with E-state index in [9.17, 15) is 5.11 Å². The van der Waals surface area contributed by atoms with Gasteiger partial charge in [-0.2, -0.15) is 5.10 Å². The van der Waals surface area contributed by atoms with Gasteiger partial charge in [0.25, 0.3) is 0 Å². The first kappa shape index (κ1) is 15.3. The number of aromatic nitrogens is 4. The van der Waals surface area contributed by atoms with E-state index in [-0.39, 0.29) is 5.75 Å². The van der Waals surface area contributed by atoms with Gasteiger partial charge in [-0.1, -0.05) is 24.3 Å². The fourth-order valence-corrected chi connectivity index (χ4v) is 3.19. The van der Waals surface area contributed by atoms with E-state index in [0.717, 1.165) is 44.4 Å². The van der Waals surface area contributed by atoms with E-state index in [2.05, 4.69) is 31.5 Å². The SMILES string of the molecule is Oc1ccc(-c2ccc3ncnc(Nc4cccc5[nH]ncc45)c3c2)cc1. The Kier molecular flexibility index (Phi) is 3.47. The summed E-state index contributed by atoms with van der Waals surface area (Å²) in [6.45, 7) is 0. The van der Waals surface area contributed by atoms with Crippen molar-refractivity contribution >= 4 is 33.3 Å². The number of hydrogen-bond donors (Lipinski definition) is 3. The average Bonchev–Trinajstić information content (AvgIpc) is 3.18. The van der Waals surface area contributed by atoms with Crippen molar-refractivity contribution in [3.63, 3.8) is 0 Å². The molecule has 6 heteroatoms. The molecule has 5 aromatic rings. The Morgan fingerprint density at radius 3 is 2.59 bits per heavy atom. The number of aromatic amines is 1. The molecule has 27 heavy (non-hydrogen) atoms. The lowest BCUT2D eigenvalue weighted by Crippen LogP contribution is -1.96. The highest BCUT2D eigenvalue weighted by molar-refractivity contribution is 5.98. The molecule has 0 unspecified atom stereocenters. The molecule has 0 atom stereocenters. The van der Waals surface area contributed by atoms with Gasteiger partial charge in [0.2, 0.25) is 0 Å². The molecule has 3 aromatic carbocycles. The largest absolute Gasteiger partial charge is 0.508 e. The first-order valence-electron chi connectivity index (χ1n) is 8.51. The van der Waals surface area contributed by atoms with Crippen molar-refractivity contribution in [3.8, 4) is 16.9 Å². The summed E-state index contributed by atoms with van der Waals surface area (Å²) in [5.41, 5.74) is 4.79. The van der Waals surface area contributed by atoms with Crippen molar-refractivity contribution in [2.24, 2.45) is 0 Å². The van der Waals surface area contributed by atoms with Gasteiger partial charge in [0, 0.05) is 10.8 Å². The number of phenols is 1. The van der Waals surface area contributed by atoms with E-state index in [1.54, 1.807) is 24.7 Å². The quantitative estimate of drug-likeness (QED) is 0.440. The number of nitrogens with one attached hydrogen (secondary N) is 2. The minimum absolute atomic E-state index is 0.249. The lowest BCUT2D eigenvalue weighted by Gasteiger charge is -2.10. The van der Waals surface area contributed by atoms with Crippen molar-refractivity contribution < 1.29 is 5.11 Å². The van der Waals surface area contributed by atoms with Gasteiger partial charge in [0.1, 0.15) is 17.9 Å². The van der Waals surface area contributed by atoms with Crippen LogP contribution < -0.4 is 5.32 Å². The molecule has 2 heterocycles. The van der Waals surface area contributed by atoms with Crippen LogP contribution in [0.5, 0.6) is 5.75 Å². The third kappa shape index (κ3) is 2.73. The molecule has 0 aliphatic carbocycles. The number of phenolic OH excluding ortho intramolecular Hbond substituents is 1.